The number of methoxy groups -OCH3 is 1. The molecule has 1 aromatic rings. The summed E-state index contributed by atoms with van der Waals surface area (Å²) in [5.74, 6) is 0.893. The Kier molecular flexibility index (Phi) is 4.51. The zero-order valence-corrected chi connectivity index (χ0v) is 10.1. The second kappa shape index (κ2) is 5.67. The third-order valence-electron chi connectivity index (χ3n) is 2.16. The molecule has 0 saturated heterocycles. The van der Waals surface area contributed by atoms with Gasteiger partial charge in [-0.2, -0.15) is 5.26 Å². The molecular formula is C12H15NOS. The van der Waals surface area contributed by atoms with Crippen LogP contribution in [0.5, 0.6) is 5.75 Å². The summed E-state index contributed by atoms with van der Waals surface area (Å²) in [4.78, 5) is 1.13. The van der Waals surface area contributed by atoms with E-state index in [2.05, 4.69) is 12.1 Å². The molecule has 15 heavy (non-hydrogen) atoms. The van der Waals surface area contributed by atoms with E-state index in [1.807, 2.05) is 26.0 Å². The number of rotatable bonds is 4. The summed E-state index contributed by atoms with van der Waals surface area (Å²) >= 11 is 1.61. The average molecular weight is 221 g/mol. The molecule has 0 spiro atoms. The highest BCUT2D eigenvalue weighted by Crippen LogP contribution is 2.29. The van der Waals surface area contributed by atoms with Gasteiger partial charge in [-0.05, 0) is 37.1 Å². The van der Waals surface area contributed by atoms with E-state index < -0.39 is 0 Å². The van der Waals surface area contributed by atoms with Crippen LogP contribution in [0.2, 0.25) is 0 Å². The van der Waals surface area contributed by atoms with E-state index in [9.17, 15) is 0 Å². The fraction of sp³-hybridized carbons (Fsp3) is 0.417. The van der Waals surface area contributed by atoms with Crippen molar-refractivity contribution >= 4 is 11.8 Å². The lowest BCUT2D eigenvalue weighted by atomic mass is 10.2. The quantitative estimate of drug-likeness (QED) is 0.730. The molecule has 1 atom stereocenters. The first-order valence-corrected chi connectivity index (χ1v) is 5.80. The number of benzene rings is 1. The first-order chi connectivity index (χ1) is 7.21. The van der Waals surface area contributed by atoms with Gasteiger partial charge in [0.1, 0.15) is 5.75 Å². The van der Waals surface area contributed by atoms with Crippen molar-refractivity contribution in [2.24, 2.45) is 0 Å². The highest BCUT2D eigenvalue weighted by molar-refractivity contribution is 8.00. The summed E-state index contributed by atoms with van der Waals surface area (Å²) in [7, 11) is 1.67. The predicted octanol–water partition coefficient (Wildman–Crippen LogP) is 3.40. The van der Waals surface area contributed by atoms with Crippen LogP contribution in [0.1, 0.15) is 18.9 Å². The van der Waals surface area contributed by atoms with E-state index in [4.69, 9.17) is 10.00 Å². The van der Waals surface area contributed by atoms with Crippen molar-refractivity contribution in [1.29, 1.82) is 5.26 Å². The first-order valence-electron chi connectivity index (χ1n) is 4.92. The van der Waals surface area contributed by atoms with E-state index in [-0.39, 0.29) is 5.25 Å². The molecule has 3 heteroatoms. The Hall–Kier alpha value is -1.14. The standard InChI is InChI=1S/C12H15NOS/c1-4-10(8-13)15-11-5-6-12(14-3)9(2)7-11/h5-7,10H,4H2,1-3H3. The summed E-state index contributed by atoms with van der Waals surface area (Å²) in [5.41, 5.74) is 1.11. The Morgan fingerprint density at radius 3 is 2.73 bits per heavy atom. The van der Waals surface area contributed by atoms with Gasteiger partial charge in [-0.3, -0.25) is 0 Å². The van der Waals surface area contributed by atoms with Crippen molar-refractivity contribution in [3.63, 3.8) is 0 Å². The van der Waals surface area contributed by atoms with Crippen LogP contribution in [0.4, 0.5) is 0 Å². The third kappa shape index (κ3) is 3.17. The van der Waals surface area contributed by atoms with Crippen LogP contribution in [0.15, 0.2) is 23.1 Å². The number of nitriles is 1. The van der Waals surface area contributed by atoms with Gasteiger partial charge in [-0.15, -0.1) is 11.8 Å². The maximum absolute atomic E-state index is 8.86. The summed E-state index contributed by atoms with van der Waals surface area (Å²) < 4.78 is 5.18. The van der Waals surface area contributed by atoms with Gasteiger partial charge in [0.15, 0.2) is 0 Å². The molecule has 0 aliphatic rings. The van der Waals surface area contributed by atoms with Gasteiger partial charge in [0.25, 0.3) is 0 Å². The molecule has 0 fully saturated rings. The van der Waals surface area contributed by atoms with E-state index in [1.54, 1.807) is 18.9 Å². The van der Waals surface area contributed by atoms with Crippen molar-refractivity contribution in [2.75, 3.05) is 7.11 Å². The maximum Gasteiger partial charge on any atom is 0.121 e. The van der Waals surface area contributed by atoms with Crippen molar-refractivity contribution in [3.05, 3.63) is 23.8 Å². The van der Waals surface area contributed by atoms with Crippen LogP contribution in [-0.2, 0) is 0 Å². The Balaban J connectivity index is 2.80. The van der Waals surface area contributed by atoms with Gasteiger partial charge in [-0.25, -0.2) is 0 Å². The molecular weight excluding hydrogens is 206 g/mol. The topological polar surface area (TPSA) is 33.0 Å². The van der Waals surface area contributed by atoms with Gasteiger partial charge in [0, 0.05) is 4.90 Å². The zero-order valence-electron chi connectivity index (χ0n) is 9.28. The molecule has 1 unspecified atom stereocenters. The third-order valence-corrected chi connectivity index (χ3v) is 3.41. The molecule has 0 aromatic heterocycles. The molecule has 1 aromatic carbocycles. The van der Waals surface area contributed by atoms with Crippen LogP contribution >= 0.6 is 11.8 Å². The van der Waals surface area contributed by atoms with Crippen LogP contribution < -0.4 is 4.74 Å². The molecule has 0 aliphatic carbocycles. The largest absolute Gasteiger partial charge is 0.496 e. The summed E-state index contributed by atoms with van der Waals surface area (Å²) in [5, 5.41) is 8.90. The van der Waals surface area contributed by atoms with Crippen LogP contribution in [0, 0.1) is 18.3 Å². The minimum Gasteiger partial charge on any atom is -0.496 e. The summed E-state index contributed by atoms with van der Waals surface area (Å²) in [6.45, 7) is 4.04. The molecule has 0 radical (unpaired) electrons. The second-order valence-corrected chi connectivity index (χ2v) is 4.55. The Morgan fingerprint density at radius 2 is 2.27 bits per heavy atom. The number of hydrogen-bond donors (Lipinski definition) is 0. The average Bonchev–Trinajstić information content (AvgIpc) is 2.26. The highest BCUT2D eigenvalue weighted by Gasteiger charge is 2.07. The monoisotopic (exact) mass is 221 g/mol. The fourth-order valence-corrected chi connectivity index (χ4v) is 2.23. The van der Waals surface area contributed by atoms with E-state index in [0.717, 1.165) is 22.6 Å². The van der Waals surface area contributed by atoms with Gasteiger partial charge in [0.2, 0.25) is 0 Å². The van der Waals surface area contributed by atoms with E-state index >= 15 is 0 Å². The van der Waals surface area contributed by atoms with E-state index in [1.165, 1.54) is 0 Å². The molecule has 0 saturated carbocycles. The first kappa shape index (κ1) is 11.9. The minimum atomic E-state index is 0.0396. The Bertz CT molecular complexity index is 370. The minimum absolute atomic E-state index is 0.0396. The number of hydrogen-bond acceptors (Lipinski definition) is 3. The Morgan fingerprint density at radius 1 is 1.53 bits per heavy atom. The highest BCUT2D eigenvalue weighted by atomic mass is 32.2. The number of aryl methyl sites for hydroxylation is 1. The lowest BCUT2D eigenvalue weighted by Crippen LogP contribution is -1.95. The van der Waals surface area contributed by atoms with Crippen molar-refractivity contribution in [3.8, 4) is 11.8 Å². The lowest BCUT2D eigenvalue weighted by Gasteiger charge is -2.09. The predicted molar refractivity (Wildman–Crippen MR) is 63.3 cm³/mol. The van der Waals surface area contributed by atoms with Gasteiger partial charge >= 0.3 is 0 Å². The molecule has 80 valence electrons. The molecule has 1 rings (SSSR count). The summed E-state index contributed by atoms with van der Waals surface area (Å²) in [6.07, 6.45) is 0.867. The number of thioether (sulfide) groups is 1. The molecule has 0 heterocycles. The fourth-order valence-electron chi connectivity index (χ4n) is 1.29. The van der Waals surface area contributed by atoms with Crippen LogP contribution in [0.3, 0.4) is 0 Å². The van der Waals surface area contributed by atoms with Gasteiger partial charge in [0.05, 0.1) is 18.4 Å². The summed E-state index contributed by atoms with van der Waals surface area (Å²) in [6, 6.07) is 8.28. The van der Waals surface area contributed by atoms with Crippen molar-refractivity contribution in [2.45, 2.75) is 30.4 Å². The van der Waals surface area contributed by atoms with Crippen LogP contribution in [0.25, 0.3) is 0 Å². The molecule has 0 bridgehead atoms. The SMILES string of the molecule is CCC(C#N)Sc1ccc(OC)c(C)c1. The molecule has 0 aliphatic heterocycles. The smallest absolute Gasteiger partial charge is 0.121 e. The van der Waals surface area contributed by atoms with Crippen LogP contribution in [-0.4, -0.2) is 12.4 Å². The molecule has 0 N–H and O–H groups in total. The number of ether oxygens (including phenoxy) is 1. The Labute approximate surface area is 95.3 Å². The van der Waals surface area contributed by atoms with Crippen molar-refractivity contribution in [1.82, 2.24) is 0 Å². The van der Waals surface area contributed by atoms with Gasteiger partial charge in [-0.1, -0.05) is 6.92 Å². The van der Waals surface area contributed by atoms with Gasteiger partial charge < -0.3 is 4.74 Å². The maximum atomic E-state index is 8.86. The zero-order chi connectivity index (χ0) is 11.3. The normalized spacial score (nSPS) is 11.9. The number of nitrogens with zero attached hydrogens (tertiary/aromatic N) is 1. The lowest BCUT2D eigenvalue weighted by molar-refractivity contribution is 0.411. The molecule has 2 nitrogen and oxygen atoms in total. The van der Waals surface area contributed by atoms with Crippen molar-refractivity contribution < 1.29 is 4.74 Å². The van der Waals surface area contributed by atoms with E-state index in [0.29, 0.717) is 0 Å². The molecule has 0 amide bonds. The second-order valence-electron chi connectivity index (χ2n) is 3.28.